The molecule has 0 fully saturated rings. The molecule has 102 valence electrons. The van der Waals surface area contributed by atoms with Crippen LogP contribution >= 0.6 is 0 Å². The molecule has 3 N–H and O–H groups in total. The van der Waals surface area contributed by atoms with Crippen molar-refractivity contribution in [2.75, 3.05) is 16.0 Å². The maximum atomic E-state index is 4.34. The van der Waals surface area contributed by atoms with Crippen LogP contribution in [0.4, 0.5) is 17.8 Å². The number of anilines is 3. The second-order valence-electron chi connectivity index (χ2n) is 5.20. The maximum Gasteiger partial charge on any atom is 0.229 e. The van der Waals surface area contributed by atoms with Gasteiger partial charge in [-0.15, -0.1) is 0 Å². The highest BCUT2D eigenvalue weighted by Gasteiger charge is 2.08. The molecule has 0 atom stereocenters. The van der Waals surface area contributed by atoms with Gasteiger partial charge in [-0.1, -0.05) is 0 Å². The smallest absolute Gasteiger partial charge is 0.229 e. The summed E-state index contributed by atoms with van der Waals surface area (Å²) in [6.07, 6.45) is 0. The van der Waals surface area contributed by atoms with Crippen molar-refractivity contribution in [3.63, 3.8) is 0 Å². The van der Waals surface area contributed by atoms with E-state index in [4.69, 9.17) is 0 Å². The van der Waals surface area contributed by atoms with Gasteiger partial charge in [-0.2, -0.15) is 15.0 Å². The lowest BCUT2D eigenvalue weighted by Gasteiger charge is -2.15. The van der Waals surface area contributed by atoms with E-state index >= 15 is 0 Å². The predicted molar refractivity (Wildman–Crippen MR) is 76.1 cm³/mol. The summed E-state index contributed by atoms with van der Waals surface area (Å²) < 4.78 is 0. The number of hydrogen-bond donors (Lipinski definition) is 3. The van der Waals surface area contributed by atoms with Gasteiger partial charge in [0.15, 0.2) is 0 Å². The van der Waals surface area contributed by atoms with Gasteiger partial charge in [-0.05, 0) is 41.5 Å². The van der Waals surface area contributed by atoms with Crippen LogP contribution in [0.15, 0.2) is 0 Å². The van der Waals surface area contributed by atoms with Crippen molar-refractivity contribution >= 4 is 17.8 Å². The van der Waals surface area contributed by atoms with Crippen LogP contribution in [-0.4, -0.2) is 33.1 Å². The first kappa shape index (κ1) is 14.5. The zero-order chi connectivity index (χ0) is 13.7. The van der Waals surface area contributed by atoms with Gasteiger partial charge >= 0.3 is 0 Å². The Morgan fingerprint density at radius 3 is 0.944 bits per heavy atom. The molecule has 1 aromatic heterocycles. The van der Waals surface area contributed by atoms with Crippen LogP contribution in [0.5, 0.6) is 0 Å². The molecule has 6 heteroatoms. The number of rotatable bonds is 6. The highest BCUT2D eigenvalue weighted by molar-refractivity contribution is 5.43. The van der Waals surface area contributed by atoms with Crippen molar-refractivity contribution in [3.05, 3.63) is 0 Å². The average molecular weight is 252 g/mol. The van der Waals surface area contributed by atoms with E-state index in [9.17, 15) is 0 Å². The minimum atomic E-state index is 0.284. The van der Waals surface area contributed by atoms with Gasteiger partial charge in [0, 0.05) is 18.1 Å². The van der Waals surface area contributed by atoms with Crippen molar-refractivity contribution in [2.24, 2.45) is 0 Å². The van der Waals surface area contributed by atoms with Crippen LogP contribution in [-0.2, 0) is 0 Å². The Kier molecular flexibility index (Phi) is 5.12. The molecule has 0 aliphatic carbocycles. The fourth-order valence-corrected chi connectivity index (χ4v) is 1.34. The largest absolute Gasteiger partial charge is 0.352 e. The molecule has 1 rings (SSSR count). The van der Waals surface area contributed by atoms with Gasteiger partial charge in [0.05, 0.1) is 0 Å². The molecule has 0 unspecified atom stereocenters. The fourth-order valence-electron chi connectivity index (χ4n) is 1.34. The fraction of sp³-hybridized carbons (Fsp3) is 0.750. The summed E-state index contributed by atoms with van der Waals surface area (Å²) in [5, 5.41) is 9.57. The SMILES string of the molecule is CC(C)Nc1nc(NC(C)C)nc(NC(C)C)n1. The summed E-state index contributed by atoms with van der Waals surface area (Å²) >= 11 is 0. The number of hydrogen-bond acceptors (Lipinski definition) is 6. The van der Waals surface area contributed by atoms with Crippen molar-refractivity contribution in [2.45, 2.75) is 59.7 Å². The third-order valence-electron chi connectivity index (χ3n) is 1.89. The number of nitrogens with zero attached hydrogens (tertiary/aromatic N) is 3. The van der Waals surface area contributed by atoms with Crippen molar-refractivity contribution in [3.8, 4) is 0 Å². The van der Waals surface area contributed by atoms with Crippen LogP contribution in [0.1, 0.15) is 41.5 Å². The summed E-state index contributed by atoms with van der Waals surface area (Å²) in [5.41, 5.74) is 0. The average Bonchev–Trinajstić information content (AvgIpc) is 2.12. The van der Waals surface area contributed by atoms with Crippen LogP contribution in [0.3, 0.4) is 0 Å². The molecule has 0 aromatic carbocycles. The molecule has 0 saturated carbocycles. The van der Waals surface area contributed by atoms with E-state index in [0.717, 1.165) is 0 Å². The van der Waals surface area contributed by atoms with Crippen molar-refractivity contribution in [1.29, 1.82) is 0 Å². The molecular weight excluding hydrogens is 228 g/mol. The van der Waals surface area contributed by atoms with Gasteiger partial charge in [0.1, 0.15) is 0 Å². The van der Waals surface area contributed by atoms with Crippen molar-refractivity contribution in [1.82, 2.24) is 15.0 Å². The molecule has 0 aliphatic heterocycles. The number of aromatic nitrogens is 3. The molecule has 0 amide bonds. The second kappa shape index (κ2) is 6.37. The summed E-state index contributed by atoms with van der Waals surface area (Å²) in [6, 6.07) is 0.851. The van der Waals surface area contributed by atoms with E-state index < -0.39 is 0 Å². The Hall–Kier alpha value is -1.59. The summed E-state index contributed by atoms with van der Waals surface area (Å²) in [5.74, 6) is 1.77. The minimum absolute atomic E-state index is 0.284. The van der Waals surface area contributed by atoms with Gasteiger partial charge in [0.2, 0.25) is 17.8 Å². The second-order valence-corrected chi connectivity index (χ2v) is 5.20. The van der Waals surface area contributed by atoms with E-state index in [1.54, 1.807) is 0 Å². The summed E-state index contributed by atoms with van der Waals surface area (Å²) in [4.78, 5) is 13.0. The van der Waals surface area contributed by atoms with E-state index in [1.165, 1.54) is 0 Å². The van der Waals surface area contributed by atoms with E-state index in [2.05, 4.69) is 72.4 Å². The normalized spacial score (nSPS) is 11.2. The zero-order valence-corrected chi connectivity index (χ0v) is 12.1. The van der Waals surface area contributed by atoms with E-state index in [0.29, 0.717) is 17.8 Å². The molecule has 1 aromatic rings. The van der Waals surface area contributed by atoms with Crippen LogP contribution in [0.2, 0.25) is 0 Å². The first-order valence-electron chi connectivity index (χ1n) is 6.42. The lowest BCUT2D eigenvalue weighted by Crippen LogP contribution is -2.20. The lowest BCUT2D eigenvalue weighted by molar-refractivity contribution is 0.829. The van der Waals surface area contributed by atoms with Crippen LogP contribution < -0.4 is 16.0 Å². The summed E-state index contributed by atoms with van der Waals surface area (Å²) in [6.45, 7) is 12.3. The van der Waals surface area contributed by atoms with Crippen LogP contribution in [0.25, 0.3) is 0 Å². The standard InChI is InChI=1S/C12H24N6/c1-7(2)13-10-16-11(14-8(3)4)18-12(17-10)15-9(5)6/h7-9H,1-6H3,(H3,13,14,15,16,17,18). The minimum Gasteiger partial charge on any atom is -0.352 e. The first-order chi connectivity index (χ1) is 8.36. The Labute approximate surface area is 109 Å². The number of nitrogens with one attached hydrogen (secondary N) is 3. The Bertz CT molecular complexity index is 305. The topological polar surface area (TPSA) is 74.8 Å². The predicted octanol–water partition coefficient (Wildman–Crippen LogP) is 2.33. The van der Waals surface area contributed by atoms with Gasteiger partial charge < -0.3 is 16.0 Å². The molecule has 0 saturated heterocycles. The van der Waals surface area contributed by atoms with E-state index in [1.807, 2.05) is 0 Å². The monoisotopic (exact) mass is 252 g/mol. The molecule has 0 bridgehead atoms. The van der Waals surface area contributed by atoms with Gasteiger partial charge in [0.25, 0.3) is 0 Å². The summed E-state index contributed by atoms with van der Waals surface area (Å²) in [7, 11) is 0. The third-order valence-corrected chi connectivity index (χ3v) is 1.89. The molecule has 0 spiro atoms. The van der Waals surface area contributed by atoms with Crippen molar-refractivity contribution < 1.29 is 0 Å². The molecule has 6 nitrogen and oxygen atoms in total. The first-order valence-corrected chi connectivity index (χ1v) is 6.42. The Morgan fingerprint density at radius 2 is 0.778 bits per heavy atom. The van der Waals surface area contributed by atoms with Gasteiger partial charge in [-0.3, -0.25) is 0 Å². The zero-order valence-electron chi connectivity index (χ0n) is 12.1. The molecular formula is C12H24N6. The van der Waals surface area contributed by atoms with Gasteiger partial charge in [-0.25, -0.2) is 0 Å². The Morgan fingerprint density at radius 1 is 0.556 bits per heavy atom. The quantitative estimate of drug-likeness (QED) is 0.721. The third kappa shape index (κ3) is 5.16. The highest BCUT2D eigenvalue weighted by atomic mass is 15.3. The highest BCUT2D eigenvalue weighted by Crippen LogP contribution is 2.11. The maximum absolute atomic E-state index is 4.34. The lowest BCUT2D eigenvalue weighted by atomic mass is 10.4. The molecule has 0 radical (unpaired) electrons. The molecule has 0 aliphatic rings. The molecule has 18 heavy (non-hydrogen) atoms. The molecule has 1 heterocycles. The Balaban J connectivity index is 2.95. The van der Waals surface area contributed by atoms with E-state index in [-0.39, 0.29) is 18.1 Å². The van der Waals surface area contributed by atoms with Crippen LogP contribution in [0, 0.1) is 0 Å².